The molecule has 3 amide bonds. The lowest BCUT2D eigenvalue weighted by Gasteiger charge is -2.31. The number of nitrogens with zero attached hydrogens (tertiary/aromatic N) is 2. The number of piperidine rings is 2. The van der Waals surface area contributed by atoms with E-state index in [2.05, 4.69) is 53.5 Å². The highest BCUT2D eigenvalue weighted by Crippen LogP contribution is 2.36. The van der Waals surface area contributed by atoms with Crippen molar-refractivity contribution in [2.75, 3.05) is 26.2 Å². The van der Waals surface area contributed by atoms with E-state index in [1.54, 1.807) is 23.1 Å². The lowest BCUT2D eigenvalue weighted by atomic mass is 9.88. The van der Waals surface area contributed by atoms with Gasteiger partial charge in [-0.2, -0.15) is 0 Å². The highest BCUT2D eigenvalue weighted by atomic mass is 16.5. The van der Waals surface area contributed by atoms with E-state index in [1.165, 1.54) is 11.1 Å². The minimum absolute atomic E-state index is 0.0495. The normalized spacial score (nSPS) is 18.3. The third-order valence-corrected chi connectivity index (χ3v) is 11.0. The number of ketones is 1. The van der Waals surface area contributed by atoms with Crippen LogP contribution in [0.5, 0.6) is 11.5 Å². The zero-order valence-electron chi connectivity index (χ0n) is 30.8. The van der Waals surface area contributed by atoms with Crippen LogP contribution in [0.4, 0.5) is 0 Å². The summed E-state index contributed by atoms with van der Waals surface area (Å²) in [5, 5.41) is 12.3. The first-order valence-corrected chi connectivity index (χ1v) is 19.1. The molecule has 278 valence electrons. The summed E-state index contributed by atoms with van der Waals surface area (Å²) < 4.78 is 6.17. The number of carbonyl (C=O) groups excluding carboxylic acids is 4. The molecular formula is C45H47N3O6. The number of rotatable bonds is 13. The van der Waals surface area contributed by atoms with Crippen LogP contribution in [-0.4, -0.2) is 70.7 Å². The highest BCUT2D eigenvalue weighted by molar-refractivity contribution is 6.05. The monoisotopic (exact) mass is 725 g/mol. The van der Waals surface area contributed by atoms with Gasteiger partial charge in [-0.05, 0) is 114 Å². The Morgan fingerprint density at radius 2 is 1.56 bits per heavy atom. The smallest absolute Gasteiger partial charge is 0.255 e. The Morgan fingerprint density at radius 3 is 2.24 bits per heavy atom. The van der Waals surface area contributed by atoms with Gasteiger partial charge in [-0.3, -0.25) is 29.4 Å². The molecule has 0 aromatic heterocycles. The van der Waals surface area contributed by atoms with E-state index < -0.39 is 11.9 Å². The number of nitrogens with one attached hydrogen (secondary N) is 1. The number of carbonyl (C=O) groups is 4. The minimum Gasteiger partial charge on any atom is -0.508 e. The van der Waals surface area contributed by atoms with Crippen LogP contribution in [0.15, 0.2) is 97.1 Å². The van der Waals surface area contributed by atoms with Crippen LogP contribution in [0.2, 0.25) is 0 Å². The molecule has 1 unspecified atom stereocenters. The van der Waals surface area contributed by atoms with Crippen molar-refractivity contribution < 1.29 is 29.0 Å². The van der Waals surface area contributed by atoms with Gasteiger partial charge in [0.2, 0.25) is 11.8 Å². The van der Waals surface area contributed by atoms with Crippen molar-refractivity contribution in [3.05, 3.63) is 130 Å². The van der Waals surface area contributed by atoms with Crippen LogP contribution in [0.3, 0.4) is 0 Å². The molecule has 9 heteroatoms. The van der Waals surface area contributed by atoms with E-state index in [1.807, 2.05) is 42.5 Å². The van der Waals surface area contributed by atoms with Crippen LogP contribution in [0.1, 0.15) is 83.6 Å². The number of benzene rings is 4. The zero-order valence-corrected chi connectivity index (χ0v) is 30.8. The Kier molecular flexibility index (Phi) is 11.3. The summed E-state index contributed by atoms with van der Waals surface area (Å²) in [5.74, 6) is 0.486. The molecule has 0 radical (unpaired) electrons. The van der Waals surface area contributed by atoms with Gasteiger partial charge in [0, 0.05) is 37.4 Å². The average Bonchev–Trinajstić information content (AvgIpc) is 3.52. The molecule has 0 aliphatic carbocycles. The van der Waals surface area contributed by atoms with Gasteiger partial charge in [-0.1, -0.05) is 73.7 Å². The van der Waals surface area contributed by atoms with E-state index in [0.717, 1.165) is 72.5 Å². The number of Topliss-reactive ketones (excluding diaryl/α,β-unsaturated/α-hetero) is 1. The number of fused-ring (bicyclic) bond motifs is 1. The zero-order chi connectivity index (χ0) is 37.6. The third kappa shape index (κ3) is 8.31. The van der Waals surface area contributed by atoms with Crippen molar-refractivity contribution in [2.45, 2.75) is 64.5 Å². The number of phenols is 1. The van der Waals surface area contributed by atoms with Crippen LogP contribution in [0, 0.1) is 5.92 Å². The number of allylic oxidation sites excluding steroid dienone is 1. The first-order chi connectivity index (χ1) is 26.3. The summed E-state index contributed by atoms with van der Waals surface area (Å²) in [6.07, 6.45) is 4.16. The number of imide groups is 1. The molecular weight excluding hydrogens is 679 g/mol. The maximum atomic E-state index is 13.2. The fourth-order valence-electron chi connectivity index (χ4n) is 8.05. The molecule has 3 aliphatic rings. The van der Waals surface area contributed by atoms with Crippen LogP contribution in [0.25, 0.3) is 11.1 Å². The molecule has 3 heterocycles. The van der Waals surface area contributed by atoms with Gasteiger partial charge in [-0.25, -0.2) is 0 Å². The number of phenolic OH excluding ortho intramolecular Hbond substituents is 1. The Balaban J connectivity index is 0.876. The van der Waals surface area contributed by atoms with E-state index >= 15 is 0 Å². The molecule has 4 aromatic rings. The summed E-state index contributed by atoms with van der Waals surface area (Å²) in [6, 6.07) is 31.1. The van der Waals surface area contributed by atoms with E-state index in [9.17, 15) is 24.3 Å². The second-order valence-corrected chi connectivity index (χ2v) is 14.5. The third-order valence-electron chi connectivity index (χ3n) is 11.0. The highest BCUT2D eigenvalue weighted by Gasteiger charge is 2.39. The Labute approximate surface area is 316 Å². The van der Waals surface area contributed by atoms with Crippen LogP contribution in [-0.2, 0) is 27.3 Å². The molecule has 1 atom stereocenters. The summed E-state index contributed by atoms with van der Waals surface area (Å²) in [6.45, 7) is 5.57. The number of aryl methyl sites for hydroxylation is 1. The van der Waals surface area contributed by atoms with Gasteiger partial charge in [0.1, 0.15) is 29.9 Å². The first kappa shape index (κ1) is 36.8. The number of aromatic hydroxyl groups is 1. The molecule has 9 nitrogen and oxygen atoms in total. The molecule has 2 fully saturated rings. The van der Waals surface area contributed by atoms with Gasteiger partial charge >= 0.3 is 0 Å². The summed E-state index contributed by atoms with van der Waals surface area (Å²) in [7, 11) is 0. The fraction of sp³-hybridized carbons (Fsp3) is 0.333. The van der Waals surface area contributed by atoms with E-state index in [4.69, 9.17) is 4.74 Å². The number of hydrogen-bond donors (Lipinski definition) is 2. The van der Waals surface area contributed by atoms with Crippen LogP contribution >= 0.6 is 0 Å². The predicted molar refractivity (Wildman–Crippen MR) is 208 cm³/mol. The summed E-state index contributed by atoms with van der Waals surface area (Å²) in [5.41, 5.74) is 8.14. The van der Waals surface area contributed by atoms with Crippen molar-refractivity contribution in [2.24, 2.45) is 5.92 Å². The van der Waals surface area contributed by atoms with Gasteiger partial charge in [0.15, 0.2) is 0 Å². The number of amides is 3. The summed E-state index contributed by atoms with van der Waals surface area (Å²) in [4.78, 5) is 54.1. The first-order valence-electron chi connectivity index (χ1n) is 19.1. The van der Waals surface area contributed by atoms with Crippen molar-refractivity contribution in [1.82, 2.24) is 15.1 Å². The Bertz CT molecular complexity index is 2030. The predicted octanol–water partition coefficient (Wildman–Crippen LogP) is 6.82. The molecule has 54 heavy (non-hydrogen) atoms. The van der Waals surface area contributed by atoms with Gasteiger partial charge in [-0.15, -0.1) is 0 Å². The molecule has 7 rings (SSSR count). The second kappa shape index (κ2) is 16.6. The topological polar surface area (TPSA) is 116 Å². The van der Waals surface area contributed by atoms with Crippen molar-refractivity contribution in [1.29, 1.82) is 0 Å². The van der Waals surface area contributed by atoms with E-state index in [0.29, 0.717) is 38.0 Å². The number of ether oxygens (including phenoxy) is 1. The molecule has 2 saturated heterocycles. The largest absolute Gasteiger partial charge is 0.508 e. The summed E-state index contributed by atoms with van der Waals surface area (Å²) >= 11 is 0. The average molecular weight is 726 g/mol. The van der Waals surface area contributed by atoms with Gasteiger partial charge < -0.3 is 14.7 Å². The Morgan fingerprint density at radius 1 is 0.852 bits per heavy atom. The maximum Gasteiger partial charge on any atom is 0.255 e. The lowest BCUT2D eigenvalue weighted by Crippen LogP contribution is -2.52. The van der Waals surface area contributed by atoms with E-state index in [-0.39, 0.29) is 35.7 Å². The molecule has 4 aromatic carbocycles. The molecule has 2 N–H and O–H groups in total. The quantitative estimate of drug-likeness (QED) is 0.115. The van der Waals surface area contributed by atoms with Crippen LogP contribution < -0.4 is 10.1 Å². The van der Waals surface area contributed by atoms with Crippen molar-refractivity contribution >= 4 is 34.7 Å². The second-order valence-electron chi connectivity index (χ2n) is 14.5. The van der Waals surface area contributed by atoms with Gasteiger partial charge in [0.25, 0.3) is 5.91 Å². The molecule has 0 saturated carbocycles. The molecule has 3 aliphatic heterocycles. The Hall–Kier alpha value is -5.54. The number of hydrogen-bond acceptors (Lipinski definition) is 7. The SMILES string of the molecule is CC/C(=C(\c1ccc(O)cc1)c1ccc(OCCN2CCC(C(=O)CCc3ccc4c(c3)CN(C3CCC(=O)NC3=O)C4=O)CC2)cc1)c1ccccc1. The minimum atomic E-state index is -0.634. The number of likely N-dealkylation sites (tertiary alicyclic amines) is 1. The maximum absolute atomic E-state index is 13.2. The molecule has 0 spiro atoms. The van der Waals surface area contributed by atoms with Crippen molar-refractivity contribution in [3.8, 4) is 11.5 Å². The van der Waals surface area contributed by atoms with Gasteiger partial charge in [0.05, 0.1) is 0 Å². The molecule has 0 bridgehead atoms. The lowest BCUT2D eigenvalue weighted by molar-refractivity contribution is -0.137. The standard InChI is InChI=1S/C45H47N3O6/c1-2-38(31-6-4-3-5-7-31)43(33-10-14-36(49)15-11-33)34-12-16-37(17-13-34)54-27-26-47-24-22-32(23-25-47)41(50)20-9-30-8-18-39-35(28-30)29-48(45(39)53)40-19-21-42(51)46-44(40)52/h3-8,10-18,28,32,40,49H,2,9,19-27,29H2,1H3,(H,46,51,52)/b43-38-. The fourth-order valence-corrected chi connectivity index (χ4v) is 8.05. The van der Waals surface area contributed by atoms with Crippen molar-refractivity contribution in [3.63, 3.8) is 0 Å².